The highest BCUT2D eigenvalue weighted by Gasteiger charge is 2.08. The lowest BCUT2D eigenvalue weighted by molar-refractivity contribution is 0.112. The molecule has 0 saturated heterocycles. The number of hydrogen-bond acceptors (Lipinski definition) is 1. The van der Waals surface area contributed by atoms with Crippen LogP contribution >= 0.6 is 15.9 Å². The van der Waals surface area contributed by atoms with Gasteiger partial charge in [-0.3, -0.25) is 4.79 Å². The van der Waals surface area contributed by atoms with E-state index >= 15 is 0 Å². The Morgan fingerprint density at radius 1 is 1.06 bits per heavy atom. The van der Waals surface area contributed by atoms with Gasteiger partial charge in [-0.25, -0.2) is 4.39 Å². The molecule has 0 aliphatic rings. The molecule has 16 heavy (non-hydrogen) atoms. The first kappa shape index (κ1) is 11.0. The van der Waals surface area contributed by atoms with Crippen molar-refractivity contribution in [2.45, 2.75) is 0 Å². The number of carbonyl (C=O) groups excluding carboxylic acids is 1. The molecule has 0 atom stereocenters. The van der Waals surface area contributed by atoms with Crippen molar-refractivity contribution < 1.29 is 9.18 Å². The molecule has 0 fully saturated rings. The van der Waals surface area contributed by atoms with E-state index in [-0.39, 0.29) is 5.82 Å². The van der Waals surface area contributed by atoms with Crippen LogP contribution in [0.2, 0.25) is 0 Å². The molecule has 2 rings (SSSR count). The lowest BCUT2D eigenvalue weighted by Crippen LogP contribution is -1.87. The number of halogens is 2. The second-order valence-corrected chi connectivity index (χ2v) is 4.19. The van der Waals surface area contributed by atoms with Crippen molar-refractivity contribution in [3.63, 3.8) is 0 Å². The summed E-state index contributed by atoms with van der Waals surface area (Å²) < 4.78 is 14.3. The molecular formula is C13H8BrFO. The lowest BCUT2D eigenvalue weighted by Gasteiger charge is -2.06. The first-order chi connectivity index (χ1) is 7.72. The van der Waals surface area contributed by atoms with Crippen LogP contribution in [0.25, 0.3) is 11.1 Å². The molecule has 0 aliphatic carbocycles. The van der Waals surface area contributed by atoms with Crippen LogP contribution in [-0.2, 0) is 0 Å². The molecular weight excluding hydrogens is 271 g/mol. The molecule has 2 aromatic rings. The average Bonchev–Trinajstić information content (AvgIpc) is 2.30. The van der Waals surface area contributed by atoms with Gasteiger partial charge in [-0.1, -0.05) is 46.3 Å². The van der Waals surface area contributed by atoms with Gasteiger partial charge in [0.15, 0.2) is 0 Å². The van der Waals surface area contributed by atoms with Crippen LogP contribution in [0.15, 0.2) is 46.9 Å². The summed E-state index contributed by atoms with van der Waals surface area (Å²) in [7, 11) is 0. The van der Waals surface area contributed by atoms with Gasteiger partial charge >= 0.3 is 0 Å². The maximum Gasteiger partial charge on any atom is 0.150 e. The van der Waals surface area contributed by atoms with Crippen molar-refractivity contribution in [2.24, 2.45) is 0 Å². The van der Waals surface area contributed by atoms with E-state index in [1.165, 1.54) is 6.07 Å². The summed E-state index contributed by atoms with van der Waals surface area (Å²) in [5.74, 6) is -0.284. The van der Waals surface area contributed by atoms with Gasteiger partial charge in [-0.15, -0.1) is 0 Å². The highest BCUT2D eigenvalue weighted by atomic mass is 79.9. The summed E-state index contributed by atoms with van der Waals surface area (Å²) in [6, 6.07) is 11.6. The Labute approximate surface area is 101 Å². The molecule has 3 heteroatoms. The largest absolute Gasteiger partial charge is 0.298 e. The number of carbonyl (C=O) groups is 1. The minimum atomic E-state index is -0.284. The molecule has 0 heterocycles. The zero-order valence-electron chi connectivity index (χ0n) is 8.28. The predicted molar refractivity (Wildman–Crippen MR) is 64.9 cm³/mol. The summed E-state index contributed by atoms with van der Waals surface area (Å²) in [4.78, 5) is 10.5. The van der Waals surface area contributed by atoms with Gasteiger partial charge in [0.25, 0.3) is 0 Å². The topological polar surface area (TPSA) is 17.1 Å². The van der Waals surface area contributed by atoms with Crippen molar-refractivity contribution in [1.82, 2.24) is 0 Å². The molecule has 1 nitrogen and oxygen atoms in total. The van der Waals surface area contributed by atoms with E-state index < -0.39 is 0 Å². The Hall–Kier alpha value is -1.48. The molecule has 0 spiro atoms. The molecule has 0 unspecified atom stereocenters. The minimum Gasteiger partial charge on any atom is -0.298 e. The van der Waals surface area contributed by atoms with Crippen molar-refractivity contribution >= 4 is 22.2 Å². The van der Waals surface area contributed by atoms with Gasteiger partial charge in [0, 0.05) is 15.6 Å². The Balaban J connectivity index is 2.54. The van der Waals surface area contributed by atoms with E-state index in [1.807, 2.05) is 0 Å². The molecule has 80 valence electrons. The standard InChI is InChI=1S/C13H8BrFO/c14-11-2-1-3-12(15)13(11)10-6-4-9(8-16)5-7-10/h1-8H. The van der Waals surface area contributed by atoms with Crippen LogP contribution < -0.4 is 0 Å². The van der Waals surface area contributed by atoms with Gasteiger partial charge < -0.3 is 0 Å². The summed E-state index contributed by atoms with van der Waals surface area (Å²) in [6.45, 7) is 0. The van der Waals surface area contributed by atoms with E-state index in [0.29, 0.717) is 15.6 Å². The number of benzene rings is 2. The third-order valence-corrected chi connectivity index (χ3v) is 2.96. The maximum absolute atomic E-state index is 13.6. The second-order valence-electron chi connectivity index (χ2n) is 3.34. The first-order valence-electron chi connectivity index (χ1n) is 4.72. The monoisotopic (exact) mass is 278 g/mol. The SMILES string of the molecule is O=Cc1ccc(-c2c(F)cccc2Br)cc1. The van der Waals surface area contributed by atoms with Crippen LogP contribution in [0.1, 0.15) is 10.4 Å². The third kappa shape index (κ3) is 2.04. The zero-order valence-corrected chi connectivity index (χ0v) is 9.87. The van der Waals surface area contributed by atoms with Crippen molar-refractivity contribution in [1.29, 1.82) is 0 Å². The molecule has 0 aliphatic heterocycles. The Kier molecular flexibility index (Phi) is 3.15. The van der Waals surface area contributed by atoms with Crippen LogP contribution in [0.5, 0.6) is 0 Å². The average molecular weight is 279 g/mol. The zero-order chi connectivity index (χ0) is 11.5. The van der Waals surface area contributed by atoms with Crippen molar-refractivity contribution in [3.05, 3.63) is 58.3 Å². The normalized spacial score (nSPS) is 10.1. The highest BCUT2D eigenvalue weighted by Crippen LogP contribution is 2.30. The highest BCUT2D eigenvalue weighted by molar-refractivity contribution is 9.10. The molecule has 0 aromatic heterocycles. The fourth-order valence-electron chi connectivity index (χ4n) is 1.50. The summed E-state index contributed by atoms with van der Waals surface area (Å²) in [6.07, 6.45) is 0.764. The van der Waals surface area contributed by atoms with Gasteiger partial charge in [-0.2, -0.15) is 0 Å². The molecule has 2 aromatic carbocycles. The summed E-state index contributed by atoms with van der Waals surface area (Å²) >= 11 is 3.31. The van der Waals surface area contributed by atoms with E-state index in [4.69, 9.17) is 0 Å². The van der Waals surface area contributed by atoms with Crippen LogP contribution in [-0.4, -0.2) is 6.29 Å². The van der Waals surface area contributed by atoms with Gasteiger partial charge in [0.1, 0.15) is 12.1 Å². The fraction of sp³-hybridized carbons (Fsp3) is 0. The van der Waals surface area contributed by atoms with E-state index in [1.54, 1.807) is 36.4 Å². The van der Waals surface area contributed by atoms with Gasteiger partial charge in [0.2, 0.25) is 0 Å². The van der Waals surface area contributed by atoms with Gasteiger partial charge in [-0.05, 0) is 17.7 Å². The third-order valence-electron chi connectivity index (χ3n) is 2.30. The van der Waals surface area contributed by atoms with E-state index in [9.17, 15) is 9.18 Å². The van der Waals surface area contributed by atoms with Crippen molar-refractivity contribution in [2.75, 3.05) is 0 Å². The molecule has 0 N–H and O–H groups in total. The number of hydrogen-bond donors (Lipinski definition) is 0. The van der Waals surface area contributed by atoms with E-state index in [0.717, 1.165) is 11.8 Å². The predicted octanol–water partition coefficient (Wildman–Crippen LogP) is 4.07. The van der Waals surface area contributed by atoms with Crippen LogP contribution in [0, 0.1) is 5.82 Å². The summed E-state index contributed by atoms with van der Waals surface area (Å²) in [5, 5.41) is 0. The number of aldehydes is 1. The Morgan fingerprint density at radius 2 is 1.75 bits per heavy atom. The molecule has 0 bridgehead atoms. The molecule has 0 saturated carbocycles. The maximum atomic E-state index is 13.6. The summed E-state index contributed by atoms with van der Waals surface area (Å²) in [5.41, 5.74) is 1.84. The van der Waals surface area contributed by atoms with Crippen LogP contribution in [0.3, 0.4) is 0 Å². The molecule has 0 radical (unpaired) electrons. The first-order valence-corrected chi connectivity index (χ1v) is 5.51. The van der Waals surface area contributed by atoms with Crippen LogP contribution in [0.4, 0.5) is 4.39 Å². The second kappa shape index (κ2) is 4.58. The minimum absolute atomic E-state index is 0.284. The smallest absolute Gasteiger partial charge is 0.150 e. The Bertz CT molecular complexity index is 500. The lowest BCUT2D eigenvalue weighted by atomic mass is 10.0. The van der Waals surface area contributed by atoms with Gasteiger partial charge in [0.05, 0.1) is 0 Å². The van der Waals surface area contributed by atoms with E-state index in [2.05, 4.69) is 15.9 Å². The molecule has 0 amide bonds. The van der Waals surface area contributed by atoms with Crippen molar-refractivity contribution in [3.8, 4) is 11.1 Å². The number of rotatable bonds is 2. The fourth-order valence-corrected chi connectivity index (χ4v) is 2.07. The Morgan fingerprint density at radius 3 is 2.31 bits per heavy atom. The quantitative estimate of drug-likeness (QED) is 0.757.